The first-order valence-electron chi connectivity index (χ1n) is 5.73. The highest BCUT2D eigenvalue weighted by molar-refractivity contribution is 6.39. The van der Waals surface area contributed by atoms with E-state index in [2.05, 4.69) is 4.74 Å². The predicted molar refractivity (Wildman–Crippen MR) is 70.2 cm³/mol. The highest BCUT2D eigenvalue weighted by Crippen LogP contribution is 2.23. The highest BCUT2D eigenvalue weighted by atomic mass is 16.5. The Hall–Kier alpha value is -2.30. The van der Waals surface area contributed by atoms with Gasteiger partial charge in [-0.1, -0.05) is 6.08 Å². The SMILES string of the molecule is CCOC(=O)C(=O)/C=C/c1cc(OC)cc(OC)c1. The predicted octanol–water partition coefficient (Wildman–Crippen LogP) is 1.85. The molecule has 0 fully saturated rings. The molecule has 0 atom stereocenters. The number of carbonyl (C=O) groups is 2. The molecule has 1 aromatic rings. The minimum absolute atomic E-state index is 0.172. The van der Waals surface area contributed by atoms with Crippen molar-refractivity contribution in [3.8, 4) is 11.5 Å². The molecule has 0 aliphatic rings. The number of benzene rings is 1. The summed E-state index contributed by atoms with van der Waals surface area (Å²) in [6.07, 6.45) is 2.66. The molecule has 0 radical (unpaired) electrons. The summed E-state index contributed by atoms with van der Waals surface area (Å²) in [6, 6.07) is 5.15. The number of carbonyl (C=O) groups excluding carboxylic acids is 2. The van der Waals surface area contributed by atoms with Gasteiger partial charge < -0.3 is 14.2 Å². The van der Waals surface area contributed by atoms with E-state index in [0.29, 0.717) is 17.1 Å². The average Bonchev–Trinajstić information content (AvgIpc) is 2.44. The first-order chi connectivity index (χ1) is 9.10. The molecule has 102 valence electrons. The molecule has 0 bridgehead atoms. The number of hydrogen-bond donors (Lipinski definition) is 0. The van der Waals surface area contributed by atoms with E-state index < -0.39 is 11.8 Å². The van der Waals surface area contributed by atoms with E-state index >= 15 is 0 Å². The Morgan fingerprint density at radius 3 is 2.16 bits per heavy atom. The van der Waals surface area contributed by atoms with Crippen LogP contribution in [0.1, 0.15) is 12.5 Å². The zero-order valence-corrected chi connectivity index (χ0v) is 11.1. The van der Waals surface area contributed by atoms with Gasteiger partial charge in [-0.05, 0) is 30.7 Å². The summed E-state index contributed by atoms with van der Waals surface area (Å²) < 4.78 is 14.8. The lowest BCUT2D eigenvalue weighted by molar-refractivity contribution is -0.151. The molecule has 0 saturated carbocycles. The Morgan fingerprint density at radius 1 is 1.11 bits per heavy atom. The molecule has 0 amide bonds. The van der Waals surface area contributed by atoms with Crippen LogP contribution in [0.15, 0.2) is 24.3 Å². The van der Waals surface area contributed by atoms with Gasteiger partial charge in [-0.15, -0.1) is 0 Å². The first kappa shape index (κ1) is 14.8. The maximum atomic E-state index is 11.4. The van der Waals surface area contributed by atoms with Crippen LogP contribution in [0.25, 0.3) is 6.08 Å². The molecule has 0 aliphatic carbocycles. The topological polar surface area (TPSA) is 61.8 Å². The van der Waals surface area contributed by atoms with E-state index in [1.165, 1.54) is 20.3 Å². The Labute approximate surface area is 111 Å². The van der Waals surface area contributed by atoms with Crippen molar-refractivity contribution in [3.05, 3.63) is 29.8 Å². The fraction of sp³-hybridized carbons (Fsp3) is 0.286. The van der Waals surface area contributed by atoms with Crippen molar-refractivity contribution in [1.29, 1.82) is 0 Å². The fourth-order valence-corrected chi connectivity index (χ4v) is 1.37. The Bertz CT molecular complexity index is 468. The van der Waals surface area contributed by atoms with E-state index in [4.69, 9.17) is 9.47 Å². The number of esters is 1. The summed E-state index contributed by atoms with van der Waals surface area (Å²) >= 11 is 0. The number of hydrogen-bond acceptors (Lipinski definition) is 5. The van der Waals surface area contributed by atoms with Gasteiger partial charge in [-0.3, -0.25) is 4.79 Å². The quantitative estimate of drug-likeness (QED) is 0.446. The molecule has 1 rings (SSSR count). The van der Waals surface area contributed by atoms with Crippen molar-refractivity contribution in [2.24, 2.45) is 0 Å². The molecule has 5 nitrogen and oxygen atoms in total. The van der Waals surface area contributed by atoms with Crippen LogP contribution in [0.5, 0.6) is 11.5 Å². The number of ketones is 1. The molecule has 0 spiro atoms. The molecule has 0 aromatic heterocycles. The third-order valence-electron chi connectivity index (χ3n) is 2.28. The monoisotopic (exact) mass is 264 g/mol. The molecule has 19 heavy (non-hydrogen) atoms. The van der Waals surface area contributed by atoms with Crippen molar-refractivity contribution in [1.82, 2.24) is 0 Å². The van der Waals surface area contributed by atoms with Crippen molar-refractivity contribution < 1.29 is 23.8 Å². The minimum Gasteiger partial charge on any atom is -0.497 e. The molecule has 0 unspecified atom stereocenters. The number of rotatable bonds is 6. The minimum atomic E-state index is -0.867. The third-order valence-corrected chi connectivity index (χ3v) is 2.28. The van der Waals surface area contributed by atoms with E-state index in [1.807, 2.05) is 0 Å². The molecule has 0 N–H and O–H groups in total. The average molecular weight is 264 g/mol. The van der Waals surface area contributed by atoms with Crippen molar-refractivity contribution >= 4 is 17.8 Å². The lowest BCUT2D eigenvalue weighted by Crippen LogP contribution is -2.14. The van der Waals surface area contributed by atoms with Gasteiger partial charge in [0.1, 0.15) is 11.5 Å². The summed E-state index contributed by atoms with van der Waals surface area (Å²) in [5.41, 5.74) is 0.689. The molecular formula is C14H16O5. The second kappa shape index (κ2) is 7.20. The van der Waals surface area contributed by atoms with Gasteiger partial charge in [-0.25, -0.2) is 4.79 Å². The molecule has 0 aliphatic heterocycles. The zero-order valence-electron chi connectivity index (χ0n) is 11.1. The van der Waals surface area contributed by atoms with Gasteiger partial charge in [0.2, 0.25) is 0 Å². The summed E-state index contributed by atoms with van der Waals surface area (Å²) in [4.78, 5) is 22.5. The zero-order chi connectivity index (χ0) is 14.3. The third kappa shape index (κ3) is 4.46. The number of methoxy groups -OCH3 is 2. The van der Waals surface area contributed by atoms with Gasteiger partial charge in [-0.2, -0.15) is 0 Å². The lowest BCUT2D eigenvalue weighted by atomic mass is 10.1. The van der Waals surface area contributed by atoms with Crippen LogP contribution in [-0.4, -0.2) is 32.6 Å². The summed E-state index contributed by atoms with van der Waals surface area (Å²) in [5, 5.41) is 0. The van der Waals surface area contributed by atoms with E-state index in [-0.39, 0.29) is 6.61 Å². The first-order valence-corrected chi connectivity index (χ1v) is 5.73. The summed E-state index contributed by atoms with van der Waals surface area (Å²) in [7, 11) is 3.07. The van der Waals surface area contributed by atoms with Crippen LogP contribution in [-0.2, 0) is 14.3 Å². The van der Waals surface area contributed by atoms with Crippen molar-refractivity contribution in [2.45, 2.75) is 6.92 Å². The van der Waals surface area contributed by atoms with E-state index in [9.17, 15) is 9.59 Å². The summed E-state index contributed by atoms with van der Waals surface area (Å²) in [5.74, 6) is -0.373. The Balaban J connectivity index is 2.86. The van der Waals surface area contributed by atoms with Crippen LogP contribution >= 0.6 is 0 Å². The van der Waals surface area contributed by atoms with Gasteiger partial charge in [0.05, 0.1) is 20.8 Å². The molecule has 0 saturated heterocycles. The summed E-state index contributed by atoms with van der Waals surface area (Å²) in [6.45, 7) is 1.81. The van der Waals surface area contributed by atoms with Crippen molar-refractivity contribution in [2.75, 3.05) is 20.8 Å². The second-order valence-electron chi connectivity index (χ2n) is 3.56. The Morgan fingerprint density at radius 2 is 1.68 bits per heavy atom. The van der Waals surface area contributed by atoms with Crippen LogP contribution in [0.4, 0.5) is 0 Å². The largest absolute Gasteiger partial charge is 0.497 e. The smallest absolute Gasteiger partial charge is 0.379 e. The maximum Gasteiger partial charge on any atom is 0.379 e. The normalized spacial score (nSPS) is 10.3. The molecule has 0 heterocycles. The highest BCUT2D eigenvalue weighted by Gasteiger charge is 2.10. The fourth-order valence-electron chi connectivity index (χ4n) is 1.37. The maximum absolute atomic E-state index is 11.4. The second-order valence-corrected chi connectivity index (χ2v) is 3.56. The van der Waals surface area contributed by atoms with E-state index in [0.717, 1.165) is 6.08 Å². The van der Waals surface area contributed by atoms with Gasteiger partial charge in [0, 0.05) is 6.07 Å². The number of ether oxygens (including phenoxy) is 3. The Kier molecular flexibility index (Phi) is 5.60. The van der Waals surface area contributed by atoms with Crippen molar-refractivity contribution in [3.63, 3.8) is 0 Å². The molecule has 5 heteroatoms. The standard InChI is InChI=1S/C14H16O5/c1-4-19-14(16)13(15)6-5-10-7-11(17-2)9-12(8-10)18-3/h5-9H,4H2,1-3H3/b6-5+. The molecular weight excluding hydrogens is 248 g/mol. The van der Waals surface area contributed by atoms with Gasteiger partial charge in [0.25, 0.3) is 5.78 Å². The molecule has 1 aromatic carbocycles. The lowest BCUT2D eigenvalue weighted by Gasteiger charge is -2.05. The van der Waals surface area contributed by atoms with Crippen LogP contribution in [0.2, 0.25) is 0 Å². The van der Waals surface area contributed by atoms with Gasteiger partial charge >= 0.3 is 5.97 Å². The van der Waals surface area contributed by atoms with Gasteiger partial charge in [0.15, 0.2) is 0 Å². The van der Waals surface area contributed by atoms with E-state index in [1.54, 1.807) is 25.1 Å². The van der Waals surface area contributed by atoms with Crippen LogP contribution in [0, 0.1) is 0 Å². The van der Waals surface area contributed by atoms with Crippen LogP contribution < -0.4 is 9.47 Å². The van der Waals surface area contributed by atoms with Crippen LogP contribution in [0.3, 0.4) is 0 Å².